The van der Waals surface area contributed by atoms with Gasteiger partial charge < -0.3 is 0 Å². The van der Waals surface area contributed by atoms with Crippen LogP contribution >= 0.6 is 23.9 Å². The highest BCUT2D eigenvalue weighted by Gasteiger charge is 2.26. The Balaban J connectivity index is 1.71. The number of carbonyl (C=O) groups excluding carboxylic acids is 4. The van der Waals surface area contributed by atoms with Gasteiger partial charge in [0.25, 0.3) is 23.6 Å². The fraction of sp³-hybridized carbons (Fsp3) is 0.200. The van der Waals surface area contributed by atoms with Gasteiger partial charge in [-0.1, -0.05) is 0 Å². The van der Waals surface area contributed by atoms with Crippen molar-refractivity contribution >= 4 is 47.5 Å². The van der Waals surface area contributed by atoms with Crippen LogP contribution in [0, 0.1) is 0 Å². The minimum Gasteiger partial charge on any atom is -0.268 e. The van der Waals surface area contributed by atoms with E-state index < -0.39 is 0 Å². The molecule has 0 atom stereocenters. The summed E-state index contributed by atoms with van der Waals surface area (Å²) in [5.74, 6) is -0.535. The third-order valence-corrected chi connectivity index (χ3v) is 4.33. The Morgan fingerprint density at radius 2 is 0.944 bits per heavy atom. The number of imide groups is 2. The Bertz CT molecular complexity index is 406. The summed E-state index contributed by atoms with van der Waals surface area (Å²) >= 11 is 2.13. The van der Waals surface area contributed by atoms with Gasteiger partial charge in [0.1, 0.15) is 0 Å². The van der Waals surface area contributed by atoms with Gasteiger partial charge in [-0.15, -0.1) is 0 Å². The van der Waals surface area contributed by atoms with E-state index in [1.54, 1.807) is 0 Å². The minimum atomic E-state index is -0.356. The summed E-state index contributed by atoms with van der Waals surface area (Å²) in [6.07, 6.45) is 4.83. The van der Waals surface area contributed by atoms with Crippen molar-refractivity contribution in [3.63, 3.8) is 0 Å². The van der Waals surface area contributed by atoms with E-state index in [0.717, 1.165) is 32.5 Å². The highest BCUT2D eigenvalue weighted by Crippen LogP contribution is 2.21. The molecular formula is C10H8N2O4S2. The maximum Gasteiger partial charge on any atom is 0.263 e. The van der Waals surface area contributed by atoms with Crippen LogP contribution in [-0.2, 0) is 19.2 Å². The van der Waals surface area contributed by atoms with Crippen LogP contribution in [0.15, 0.2) is 24.3 Å². The fourth-order valence-corrected chi connectivity index (χ4v) is 3.00. The van der Waals surface area contributed by atoms with Gasteiger partial charge >= 0.3 is 0 Å². The molecule has 2 heterocycles. The van der Waals surface area contributed by atoms with Gasteiger partial charge in [0.2, 0.25) is 0 Å². The number of hydrogen-bond acceptors (Lipinski definition) is 6. The average molecular weight is 284 g/mol. The summed E-state index contributed by atoms with van der Waals surface area (Å²) in [5.41, 5.74) is 0. The van der Waals surface area contributed by atoms with Crippen molar-refractivity contribution < 1.29 is 19.2 Å². The smallest absolute Gasteiger partial charge is 0.263 e. The zero-order chi connectivity index (χ0) is 13.1. The first-order chi connectivity index (χ1) is 8.59. The van der Waals surface area contributed by atoms with Crippen LogP contribution in [0.4, 0.5) is 0 Å². The molecule has 2 aliphatic rings. The Morgan fingerprint density at radius 3 is 1.22 bits per heavy atom. The molecule has 2 aliphatic heterocycles. The molecule has 8 heteroatoms. The second-order valence-corrected chi connectivity index (χ2v) is 5.34. The molecule has 0 aromatic rings. The van der Waals surface area contributed by atoms with Crippen molar-refractivity contribution in [2.24, 2.45) is 0 Å². The van der Waals surface area contributed by atoms with Gasteiger partial charge in [0, 0.05) is 35.8 Å². The summed E-state index contributed by atoms with van der Waals surface area (Å²) in [7, 11) is 0. The average Bonchev–Trinajstić information content (AvgIpc) is 2.82. The number of amides is 4. The second kappa shape index (κ2) is 5.40. The molecule has 18 heavy (non-hydrogen) atoms. The first kappa shape index (κ1) is 12.9. The van der Waals surface area contributed by atoms with Crippen molar-refractivity contribution in [2.75, 3.05) is 11.5 Å². The predicted octanol–water partition coefficient (Wildman–Crippen LogP) is 0.133. The summed E-state index contributed by atoms with van der Waals surface area (Å²) in [4.78, 5) is 44.8. The molecule has 0 radical (unpaired) electrons. The van der Waals surface area contributed by atoms with E-state index in [0.29, 0.717) is 11.5 Å². The molecule has 0 bridgehead atoms. The van der Waals surface area contributed by atoms with Crippen LogP contribution < -0.4 is 0 Å². The largest absolute Gasteiger partial charge is 0.268 e. The van der Waals surface area contributed by atoms with Gasteiger partial charge in [-0.3, -0.25) is 19.2 Å². The SMILES string of the molecule is O=C1C=CC(=O)N1SCCSN1C(=O)C=CC1=O. The van der Waals surface area contributed by atoms with Crippen molar-refractivity contribution in [3.8, 4) is 0 Å². The number of carbonyl (C=O) groups is 4. The van der Waals surface area contributed by atoms with Crippen LogP contribution in [-0.4, -0.2) is 43.7 Å². The summed E-state index contributed by atoms with van der Waals surface area (Å²) in [6, 6.07) is 0. The molecule has 0 N–H and O–H groups in total. The maximum atomic E-state index is 11.2. The first-order valence-electron chi connectivity index (χ1n) is 4.97. The highest BCUT2D eigenvalue weighted by molar-refractivity contribution is 8.01. The lowest BCUT2D eigenvalue weighted by atomic mass is 10.6. The van der Waals surface area contributed by atoms with Gasteiger partial charge in [-0.2, -0.15) is 0 Å². The van der Waals surface area contributed by atoms with Gasteiger partial charge in [0.15, 0.2) is 0 Å². The van der Waals surface area contributed by atoms with Crippen LogP contribution in [0.1, 0.15) is 0 Å². The van der Waals surface area contributed by atoms with E-state index >= 15 is 0 Å². The van der Waals surface area contributed by atoms with E-state index in [1.165, 1.54) is 24.3 Å². The molecule has 0 aromatic carbocycles. The Kier molecular flexibility index (Phi) is 3.87. The quantitative estimate of drug-likeness (QED) is 0.406. The Hall–Kier alpha value is -1.54. The molecule has 2 rings (SSSR count). The normalized spacial score (nSPS) is 18.7. The molecule has 0 aliphatic carbocycles. The van der Waals surface area contributed by atoms with E-state index in [1.807, 2.05) is 0 Å². The van der Waals surface area contributed by atoms with Crippen LogP contribution in [0.3, 0.4) is 0 Å². The number of rotatable bonds is 5. The Morgan fingerprint density at radius 1 is 0.667 bits per heavy atom. The first-order valence-corrected chi connectivity index (χ1v) is 6.86. The van der Waals surface area contributed by atoms with Crippen molar-refractivity contribution in [1.29, 1.82) is 0 Å². The predicted molar refractivity (Wildman–Crippen MR) is 66.9 cm³/mol. The molecule has 94 valence electrons. The lowest BCUT2D eigenvalue weighted by Gasteiger charge is -2.14. The van der Waals surface area contributed by atoms with Crippen LogP contribution in [0.5, 0.6) is 0 Å². The van der Waals surface area contributed by atoms with Gasteiger partial charge in [-0.25, -0.2) is 8.61 Å². The topological polar surface area (TPSA) is 74.8 Å². The third-order valence-electron chi connectivity index (χ3n) is 2.06. The second-order valence-electron chi connectivity index (χ2n) is 3.27. The summed E-state index contributed by atoms with van der Waals surface area (Å²) in [5, 5.41) is 0. The van der Waals surface area contributed by atoms with Crippen LogP contribution in [0.25, 0.3) is 0 Å². The molecule has 0 fully saturated rings. The van der Waals surface area contributed by atoms with Crippen molar-refractivity contribution in [3.05, 3.63) is 24.3 Å². The van der Waals surface area contributed by atoms with Crippen molar-refractivity contribution in [2.45, 2.75) is 0 Å². The molecular weight excluding hydrogens is 276 g/mol. The number of nitrogens with zero attached hydrogens (tertiary/aromatic N) is 2. The van der Waals surface area contributed by atoms with Crippen LogP contribution in [0.2, 0.25) is 0 Å². The standard InChI is InChI=1S/C10H8N2O4S2/c13-7-1-2-8(14)11(7)17-5-6-18-12-9(15)3-4-10(12)16/h1-4H,5-6H2. The third kappa shape index (κ3) is 2.65. The van der Waals surface area contributed by atoms with Gasteiger partial charge in [-0.05, 0) is 23.9 Å². The van der Waals surface area contributed by atoms with E-state index in [9.17, 15) is 19.2 Å². The highest BCUT2D eigenvalue weighted by atomic mass is 32.2. The van der Waals surface area contributed by atoms with E-state index in [-0.39, 0.29) is 23.6 Å². The fourth-order valence-electron chi connectivity index (χ4n) is 1.28. The molecule has 0 saturated heterocycles. The summed E-state index contributed by atoms with van der Waals surface area (Å²) in [6.45, 7) is 0. The molecule has 4 amide bonds. The molecule has 0 unspecified atom stereocenters. The van der Waals surface area contributed by atoms with E-state index in [2.05, 4.69) is 0 Å². The lowest BCUT2D eigenvalue weighted by Crippen LogP contribution is -2.25. The zero-order valence-electron chi connectivity index (χ0n) is 9.07. The molecule has 6 nitrogen and oxygen atoms in total. The zero-order valence-corrected chi connectivity index (χ0v) is 10.7. The Labute approximate surface area is 111 Å². The monoisotopic (exact) mass is 284 g/mol. The van der Waals surface area contributed by atoms with Crippen molar-refractivity contribution in [1.82, 2.24) is 8.61 Å². The number of hydrogen-bond donors (Lipinski definition) is 0. The summed E-state index contributed by atoms with van der Waals surface area (Å²) < 4.78 is 2.10. The molecule has 0 aromatic heterocycles. The van der Waals surface area contributed by atoms with Gasteiger partial charge in [0.05, 0.1) is 0 Å². The molecule has 0 saturated carbocycles. The minimum absolute atomic E-state index is 0.356. The molecule has 0 spiro atoms. The van der Waals surface area contributed by atoms with E-state index in [4.69, 9.17) is 0 Å². The lowest BCUT2D eigenvalue weighted by molar-refractivity contribution is -0.132. The maximum absolute atomic E-state index is 11.2.